The Hall–Kier alpha value is -7.16. The van der Waals surface area contributed by atoms with E-state index >= 15 is 0 Å². The predicted octanol–water partition coefficient (Wildman–Crippen LogP) is 16.1. The standard InChI is InChI=1S/C60H50N2/c1-6-49(59-50(7-2)54-23-16-17-39(3)58(54)62(59)45-20-12-9-13-21-45)42-27-32-51-43(35-42)36-44-37-47(30-33-52(44)51)61(46-28-25-41(26-29-46)40-18-10-8-11-19-40)48-31-34-57-55(38-48)53-22-14-15-24-56(53)60(57,4)5/h6-14,16-23,25-35,37-38H,2,15,24,36H2,1,3-5H3/b49-6-. The van der Waals surface area contributed by atoms with Crippen molar-refractivity contribution in [2.45, 2.75) is 52.4 Å². The second-order valence-electron chi connectivity index (χ2n) is 17.6. The third-order valence-electron chi connectivity index (χ3n) is 13.8. The topological polar surface area (TPSA) is 8.17 Å². The van der Waals surface area contributed by atoms with E-state index in [2.05, 4.69) is 220 Å². The van der Waals surface area contributed by atoms with E-state index in [1.54, 1.807) is 5.57 Å². The fourth-order valence-electron chi connectivity index (χ4n) is 10.8. The van der Waals surface area contributed by atoms with E-state index in [1.165, 1.54) is 94.8 Å². The summed E-state index contributed by atoms with van der Waals surface area (Å²) in [5.74, 6) is 0. The first-order chi connectivity index (χ1) is 30.3. The average Bonchev–Trinajstić information content (AvgIpc) is 3.92. The van der Waals surface area contributed by atoms with Gasteiger partial charge in [0.15, 0.2) is 0 Å². The number of allylic oxidation sites excluding steroid dienone is 5. The SMILES string of the molecule is C=Cc1c(/C(=C\C)c2ccc3c(c2)Cc2cc(N(c4ccc(-c5ccccc5)cc4)c4ccc5c(c4)C4=C(CCC=C4)C5(C)C)ccc2-3)n(-c2ccccc2)c2c(C)cccc12. The third-order valence-corrected chi connectivity index (χ3v) is 13.8. The van der Waals surface area contributed by atoms with Crippen LogP contribution in [0.25, 0.3) is 56.1 Å². The number of hydrogen-bond acceptors (Lipinski definition) is 1. The van der Waals surface area contributed by atoms with Crippen molar-refractivity contribution >= 4 is 45.2 Å². The normalized spacial score (nSPS) is 14.7. The fraction of sp³-hybridized carbons (Fsp3) is 0.133. The Labute approximate surface area is 366 Å². The summed E-state index contributed by atoms with van der Waals surface area (Å²) in [4.78, 5) is 2.46. The van der Waals surface area contributed by atoms with Gasteiger partial charge in [-0.3, -0.25) is 0 Å². The van der Waals surface area contributed by atoms with Crippen LogP contribution >= 0.6 is 0 Å². The van der Waals surface area contributed by atoms with Crippen molar-refractivity contribution in [2.75, 3.05) is 4.90 Å². The Bertz CT molecular complexity index is 3190. The summed E-state index contributed by atoms with van der Waals surface area (Å²) < 4.78 is 2.44. The molecule has 0 saturated carbocycles. The molecule has 7 aromatic carbocycles. The minimum Gasteiger partial charge on any atom is -0.310 e. The predicted molar refractivity (Wildman–Crippen MR) is 264 cm³/mol. The van der Waals surface area contributed by atoms with Crippen LogP contribution in [0.15, 0.2) is 188 Å². The molecule has 8 aromatic rings. The number of hydrogen-bond donors (Lipinski definition) is 0. The number of rotatable bonds is 8. The highest BCUT2D eigenvalue weighted by molar-refractivity contribution is 6.01. The highest BCUT2D eigenvalue weighted by Crippen LogP contribution is 2.52. The maximum Gasteiger partial charge on any atom is 0.0616 e. The Kier molecular flexibility index (Phi) is 9.02. The highest BCUT2D eigenvalue weighted by atomic mass is 15.1. The molecular weight excluding hydrogens is 749 g/mol. The van der Waals surface area contributed by atoms with Gasteiger partial charge >= 0.3 is 0 Å². The second kappa shape index (κ2) is 14.8. The molecule has 0 spiro atoms. The molecule has 0 fully saturated rings. The molecular formula is C60H50N2. The Balaban J connectivity index is 0.999. The van der Waals surface area contributed by atoms with Crippen LogP contribution in [-0.4, -0.2) is 4.57 Å². The smallest absolute Gasteiger partial charge is 0.0616 e. The minimum atomic E-state index is 0.0332. The minimum absolute atomic E-state index is 0.0332. The molecule has 0 unspecified atom stereocenters. The molecule has 2 heteroatoms. The molecule has 3 aliphatic carbocycles. The summed E-state index contributed by atoms with van der Waals surface area (Å²) in [6, 6.07) is 58.5. The Morgan fingerprint density at radius 3 is 2.11 bits per heavy atom. The van der Waals surface area contributed by atoms with Gasteiger partial charge in [0.05, 0.1) is 11.2 Å². The number of fused-ring (bicyclic) bond motifs is 6. The molecule has 1 heterocycles. The summed E-state index contributed by atoms with van der Waals surface area (Å²) >= 11 is 0. The monoisotopic (exact) mass is 798 g/mol. The van der Waals surface area contributed by atoms with Gasteiger partial charge in [-0.05, 0) is 143 Å². The lowest BCUT2D eigenvalue weighted by atomic mass is 9.78. The van der Waals surface area contributed by atoms with Gasteiger partial charge in [0.25, 0.3) is 0 Å². The molecule has 62 heavy (non-hydrogen) atoms. The van der Waals surface area contributed by atoms with E-state index in [1.807, 2.05) is 6.08 Å². The number of anilines is 3. The molecule has 300 valence electrons. The van der Waals surface area contributed by atoms with Gasteiger partial charge in [-0.25, -0.2) is 0 Å². The van der Waals surface area contributed by atoms with Crippen LogP contribution in [0, 0.1) is 6.92 Å². The van der Waals surface area contributed by atoms with Gasteiger partial charge in [-0.15, -0.1) is 0 Å². The van der Waals surface area contributed by atoms with Crippen LogP contribution in [-0.2, 0) is 11.8 Å². The van der Waals surface area contributed by atoms with Crippen molar-refractivity contribution in [3.8, 4) is 27.9 Å². The summed E-state index contributed by atoms with van der Waals surface area (Å²) in [6.07, 6.45) is 12.2. The summed E-state index contributed by atoms with van der Waals surface area (Å²) in [5.41, 5.74) is 25.5. The maximum atomic E-state index is 4.35. The van der Waals surface area contributed by atoms with Crippen LogP contribution < -0.4 is 4.90 Å². The first kappa shape index (κ1) is 37.8. The van der Waals surface area contributed by atoms with Gasteiger partial charge in [-0.2, -0.15) is 0 Å². The number of benzene rings is 7. The van der Waals surface area contributed by atoms with Crippen molar-refractivity contribution in [1.82, 2.24) is 4.57 Å². The lowest BCUT2D eigenvalue weighted by molar-refractivity contribution is 0.607. The van der Waals surface area contributed by atoms with Crippen molar-refractivity contribution in [1.29, 1.82) is 0 Å². The van der Waals surface area contributed by atoms with Crippen LogP contribution in [0.1, 0.15) is 78.3 Å². The molecule has 0 aliphatic heterocycles. The zero-order valence-corrected chi connectivity index (χ0v) is 36.0. The van der Waals surface area contributed by atoms with Crippen LogP contribution in [0.3, 0.4) is 0 Å². The number of nitrogens with zero attached hydrogens (tertiary/aromatic N) is 2. The molecule has 0 saturated heterocycles. The van der Waals surface area contributed by atoms with Gasteiger partial charge in [0.2, 0.25) is 0 Å². The van der Waals surface area contributed by atoms with Crippen molar-refractivity contribution < 1.29 is 0 Å². The first-order valence-corrected chi connectivity index (χ1v) is 22.1. The highest BCUT2D eigenvalue weighted by Gasteiger charge is 2.37. The van der Waals surface area contributed by atoms with Crippen LogP contribution in [0.2, 0.25) is 0 Å². The number of para-hydroxylation sites is 2. The lowest BCUT2D eigenvalue weighted by Crippen LogP contribution is -2.18. The molecule has 0 radical (unpaired) electrons. The van der Waals surface area contributed by atoms with E-state index in [0.717, 1.165) is 36.2 Å². The Morgan fingerprint density at radius 1 is 0.677 bits per heavy atom. The van der Waals surface area contributed by atoms with Gasteiger partial charge in [0, 0.05) is 44.7 Å². The van der Waals surface area contributed by atoms with Gasteiger partial charge in [0.1, 0.15) is 0 Å². The molecule has 3 aliphatic rings. The number of aryl methyl sites for hydroxylation is 1. The van der Waals surface area contributed by atoms with Crippen LogP contribution in [0.4, 0.5) is 17.1 Å². The van der Waals surface area contributed by atoms with E-state index in [-0.39, 0.29) is 5.41 Å². The van der Waals surface area contributed by atoms with Crippen molar-refractivity contribution in [3.05, 3.63) is 233 Å². The van der Waals surface area contributed by atoms with Gasteiger partial charge < -0.3 is 9.47 Å². The summed E-state index contributed by atoms with van der Waals surface area (Å²) in [7, 11) is 0. The van der Waals surface area contributed by atoms with Crippen molar-refractivity contribution in [2.24, 2.45) is 0 Å². The van der Waals surface area contributed by atoms with E-state index in [9.17, 15) is 0 Å². The van der Waals surface area contributed by atoms with Gasteiger partial charge in [-0.1, -0.05) is 159 Å². The van der Waals surface area contributed by atoms with E-state index in [0.29, 0.717) is 0 Å². The lowest BCUT2D eigenvalue weighted by Gasteiger charge is -2.28. The average molecular weight is 799 g/mol. The molecule has 0 bridgehead atoms. The molecule has 0 N–H and O–H groups in total. The largest absolute Gasteiger partial charge is 0.310 e. The Morgan fingerprint density at radius 2 is 1.35 bits per heavy atom. The second-order valence-corrected chi connectivity index (χ2v) is 17.6. The van der Waals surface area contributed by atoms with Crippen molar-refractivity contribution in [3.63, 3.8) is 0 Å². The first-order valence-electron chi connectivity index (χ1n) is 22.1. The fourth-order valence-corrected chi connectivity index (χ4v) is 10.8. The van der Waals surface area contributed by atoms with E-state index < -0.39 is 0 Å². The molecule has 0 atom stereocenters. The molecule has 0 amide bonds. The van der Waals surface area contributed by atoms with Crippen LogP contribution in [0.5, 0.6) is 0 Å². The third kappa shape index (κ3) is 5.92. The summed E-state index contributed by atoms with van der Waals surface area (Å²) in [5, 5.41) is 1.22. The zero-order chi connectivity index (χ0) is 42.1. The summed E-state index contributed by atoms with van der Waals surface area (Å²) in [6.45, 7) is 13.5. The molecule has 2 nitrogen and oxygen atoms in total. The molecule has 1 aromatic heterocycles. The number of aromatic nitrogens is 1. The molecule has 11 rings (SSSR count). The zero-order valence-electron chi connectivity index (χ0n) is 36.0. The quantitative estimate of drug-likeness (QED) is 0.149. The van der Waals surface area contributed by atoms with E-state index in [4.69, 9.17) is 0 Å². The maximum absolute atomic E-state index is 4.35.